The fraction of sp³-hybridized carbons (Fsp3) is 0.562. The summed E-state index contributed by atoms with van der Waals surface area (Å²) in [5, 5.41) is 9.82. The van der Waals surface area contributed by atoms with E-state index in [9.17, 15) is 9.90 Å². The van der Waals surface area contributed by atoms with Crippen LogP contribution in [0.25, 0.3) is 0 Å². The molecule has 0 heterocycles. The topological polar surface area (TPSA) is 55.8 Å². The average molecular weight is 357 g/mol. The Morgan fingerprint density at radius 3 is 2.43 bits per heavy atom. The summed E-state index contributed by atoms with van der Waals surface area (Å²) in [6.45, 7) is 3.85. The third-order valence-electron chi connectivity index (χ3n) is 3.98. The summed E-state index contributed by atoms with van der Waals surface area (Å²) < 4.78 is 12.1. The molecule has 0 aromatic heterocycles. The van der Waals surface area contributed by atoms with Gasteiger partial charge in [0.2, 0.25) is 0 Å². The van der Waals surface area contributed by atoms with Gasteiger partial charge in [0.15, 0.2) is 11.5 Å². The van der Waals surface area contributed by atoms with Crippen molar-refractivity contribution in [2.45, 2.75) is 51.0 Å². The SMILES string of the molecule is COc1cc(Br)cc(C2(C(=O)O)CCCC2)c1OC(C)C. The molecule has 1 fully saturated rings. The number of carbonyl (C=O) groups is 1. The Kier molecular flexibility index (Phi) is 4.81. The maximum Gasteiger partial charge on any atom is 0.314 e. The van der Waals surface area contributed by atoms with Crippen molar-refractivity contribution in [1.82, 2.24) is 0 Å². The molecule has 1 saturated carbocycles. The molecule has 0 aliphatic heterocycles. The lowest BCUT2D eigenvalue weighted by molar-refractivity contribution is -0.143. The lowest BCUT2D eigenvalue weighted by Gasteiger charge is -2.29. The molecule has 0 atom stereocenters. The van der Waals surface area contributed by atoms with Gasteiger partial charge >= 0.3 is 5.97 Å². The third kappa shape index (κ3) is 3.03. The zero-order valence-corrected chi connectivity index (χ0v) is 14.2. The summed E-state index contributed by atoms with van der Waals surface area (Å²) >= 11 is 3.45. The summed E-state index contributed by atoms with van der Waals surface area (Å²) in [5.41, 5.74) is -0.159. The van der Waals surface area contributed by atoms with Gasteiger partial charge < -0.3 is 14.6 Å². The Bertz CT molecular complexity index is 533. The van der Waals surface area contributed by atoms with E-state index in [1.807, 2.05) is 26.0 Å². The first-order valence-corrected chi connectivity index (χ1v) is 7.98. The fourth-order valence-electron chi connectivity index (χ4n) is 3.01. The maximum absolute atomic E-state index is 12.0. The number of aliphatic carboxylic acids is 1. The second-order valence-electron chi connectivity index (χ2n) is 5.75. The van der Waals surface area contributed by atoms with Crippen molar-refractivity contribution >= 4 is 21.9 Å². The number of carboxylic acid groups (broad SMARTS) is 1. The van der Waals surface area contributed by atoms with Crippen LogP contribution in [0.3, 0.4) is 0 Å². The average Bonchev–Trinajstić information content (AvgIpc) is 2.90. The minimum absolute atomic E-state index is 0.0499. The normalized spacial score (nSPS) is 17.0. The molecular formula is C16H21BrO4. The molecule has 116 valence electrons. The summed E-state index contributed by atoms with van der Waals surface area (Å²) in [4.78, 5) is 12.0. The zero-order chi connectivity index (χ0) is 15.6. The summed E-state index contributed by atoms with van der Waals surface area (Å²) in [5.74, 6) is 0.342. The highest BCUT2D eigenvalue weighted by Crippen LogP contribution is 2.49. The van der Waals surface area contributed by atoms with Gasteiger partial charge in [-0.25, -0.2) is 0 Å². The Morgan fingerprint density at radius 2 is 1.95 bits per heavy atom. The fourth-order valence-corrected chi connectivity index (χ4v) is 3.45. The molecule has 1 N–H and O–H groups in total. The minimum atomic E-state index is -0.874. The Morgan fingerprint density at radius 1 is 1.33 bits per heavy atom. The first-order chi connectivity index (χ1) is 9.90. The highest BCUT2D eigenvalue weighted by Gasteiger charge is 2.45. The van der Waals surface area contributed by atoms with Crippen molar-refractivity contribution < 1.29 is 19.4 Å². The molecule has 1 aliphatic rings. The van der Waals surface area contributed by atoms with Gasteiger partial charge in [-0.05, 0) is 38.8 Å². The molecule has 1 aromatic rings. The van der Waals surface area contributed by atoms with Gasteiger partial charge in [0.05, 0.1) is 18.6 Å². The van der Waals surface area contributed by atoms with Gasteiger partial charge in [0, 0.05) is 10.0 Å². The largest absolute Gasteiger partial charge is 0.493 e. The van der Waals surface area contributed by atoms with Gasteiger partial charge in [0.1, 0.15) is 0 Å². The van der Waals surface area contributed by atoms with Crippen molar-refractivity contribution in [1.29, 1.82) is 0 Å². The van der Waals surface area contributed by atoms with E-state index in [1.165, 1.54) is 0 Å². The van der Waals surface area contributed by atoms with Crippen LogP contribution in [-0.4, -0.2) is 24.3 Å². The van der Waals surface area contributed by atoms with E-state index in [4.69, 9.17) is 9.47 Å². The predicted molar refractivity (Wildman–Crippen MR) is 84.2 cm³/mol. The number of benzene rings is 1. The third-order valence-corrected chi connectivity index (χ3v) is 4.43. The van der Waals surface area contributed by atoms with E-state index >= 15 is 0 Å². The molecule has 0 spiro atoms. The molecular weight excluding hydrogens is 336 g/mol. The standard InChI is InChI=1S/C16H21BrO4/c1-10(2)21-14-12(8-11(17)9-13(14)20-3)16(15(18)19)6-4-5-7-16/h8-10H,4-7H2,1-3H3,(H,18,19). The lowest BCUT2D eigenvalue weighted by atomic mass is 9.78. The molecule has 21 heavy (non-hydrogen) atoms. The van der Waals surface area contributed by atoms with Crippen LogP contribution in [0.5, 0.6) is 11.5 Å². The molecule has 1 aliphatic carbocycles. The minimum Gasteiger partial charge on any atom is -0.493 e. The van der Waals surface area contributed by atoms with Crippen LogP contribution in [0.1, 0.15) is 45.1 Å². The smallest absolute Gasteiger partial charge is 0.314 e. The van der Waals surface area contributed by atoms with Crippen molar-refractivity contribution in [2.24, 2.45) is 0 Å². The quantitative estimate of drug-likeness (QED) is 0.861. The number of halogens is 1. The van der Waals surface area contributed by atoms with Crippen LogP contribution in [0.4, 0.5) is 0 Å². The number of hydrogen-bond acceptors (Lipinski definition) is 3. The van der Waals surface area contributed by atoms with Gasteiger partial charge in [-0.3, -0.25) is 4.79 Å². The van der Waals surface area contributed by atoms with Gasteiger partial charge in [-0.1, -0.05) is 28.8 Å². The van der Waals surface area contributed by atoms with E-state index < -0.39 is 11.4 Å². The number of carboxylic acids is 1. The van der Waals surface area contributed by atoms with E-state index in [2.05, 4.69) is 15.9 Å². The Hall–Kier alpha value is -1.23. The second kappa shape index (κ2) is 6.26. The van der Waals surface area contributed by atoms with E-state index in [0.29, 0.717) is 29.9 Å². The number of rotatable bonds is 5. The van der Waals surface area contributed by atoms with Crippen LogP contribution < -0.4 is 9.47 Å². The van der Waals surface area contributed by atoms with Crippen LogP contribution in [0, 0.1) is 0 Å². The molecule has 0 bridgehead atoms. The van der Waals surface area contributed by atoms with Crippen molar-refractivity contribution in [3.63, 3.8) is 0 Å². The first kappa shape index (κ1) is 16.1. The molecule has 5 heteroatoms. The number of hydrogen-bond donors (Lipinski definition) is 1. The van der Waals surface area contributed by atoms with E-state index in [0.717, 1.165) is 17.3 Å². The van der Waals surface area contributed by atoms with Crippen LogP contribution in [0.15, 0.2) is 16.6 Å². The maximum atomic E-state index is 12.0. The lowest BCUT2D eigenvalue weighted by Crippen LogP contribution is -2.33. The highest BCUT2D eigenvalue weighted by atomic mass is 79.9. The van der Waals surface area contributed by atoms with Crippen LogP contribution in [0.2, 0.25) is 0 Å². The van der Waals surface area contributed by atoms with Crippen molar-refractivity contribution in [3.05, 3.63) is 22.2 Å². The monoisotopic (exact) mass is 356 g/mol. The van der Waals surface area contributed by atoms with E-state index in [1.54, 1.807) is 7.11 Å². The first-order valence-electron chi connectivity index (χ1n) is 7.19. The summed E-state index contributed by atoms with van der Waals surface area (Å²) in [7, 11) is 1.57. The van der Waals surface area contributed by atoms with E-state index in [-0.39, 0.29) is 6.10 Å². The van der Waals surface area contributed by atoms with Gasteiger partial charge in [-0.2, -0.15) is 0 Å². The molecule has 0 saturated heterocycles. The van der Waals surface area contributed by atoms with Gasteiger partial charge in [-0.15, -0.1) is 0 Å². The van der Waals surface area contributed by atoms with Crippen molar-refractivity contribution in [2.75, 3.05) is 7.11 Å². The number of ether oxygens (including phenoxy) is 2. The Balaban J connectivity index is 2.65. The predicted octanol–water partition coefficient (Wildman–Crippen LogP) is 4.14. The van der Waals surface area contributed by atoms with Gasteiger partial charge in [0.25, 0.3) is 0 Å². The Labute approximate surface area is 133 Å². The molecule has 0 amide bonds. The van der Waals surface area contributed by atoms with Crippen LogP contribution in [-0.2, 0) is 10.2 Å². The highest BCUT2D eigenvalue weighted by molar-refractivity contribution is 9.10. The molecule has 0 unspecified atom stereocenters. The molecule has 4 nitrogen and oxygen atoms in total. The van der Waals surface area contributed by atoms with Crippen LogP contribution >= 0.6 is 15.9 Å². The second-order valence-corrected chi connectivity index (χ2v) is 6.66. The summed E-state index contributed by atoms with van der Waals surface area (Å²) in [6, 6.07) is 3.67. The summed E-state index contributed by atoms with van der Waals surface area (Å²) in [6.07, 6.45) is 3.06. The zero-order valence-electron chi connectivity index (χ0n) is 12.6. The molecule has 0 radical (unpaired) electrons. The number of methoxy groups -OCH3 is 1. The molecule has 2 rings (SSSR count). The molecule has 1 aromatic carbocycles. The van der Waals surface area contributed by atoms with Crippen molar-refractivity contribution in [3.8, 4) is 11.5 Å².